The van der Waals surface area contributed by atoms with Crippen LogP contribution in [0.3, 0.4) is 0 Å². The highest BCUT2D eigenvalue weighted by Gasteiger charge is 2.48. The molecule has 3 atom stereocenters. The summed E-state index contributed by atoms with van der Waals surface area (Å²) in [5, 5.41) is 17.8. The van der Waals surface area contributed by atoms with Crippen LogP contribution in [-0.2, 0) is 32.4 Å². The summed E-state index contributed by atoms with van der Waals surface area (Å²) < 4.78 is 169. The van der Waals surface area contributed by atoms with Crippen molar-refractivity contribution in [1.82, 2.24) is 0 Å². The van der Waals surface area contributed by atoms with Crippen molar-refractivity contribution in [3.05, 3.63) is 63.0 Å². The zero-order valence-corrected chi connectivity index (χ0v) is 21.5. The Labute approximate surface area is 216 Å². The van der Waals surface area contributed by atoms with E-state index >= 15 is 0 Å². The van der Waals surface area contributed by atoms with Crippen LogP contribution in [0.4, 0.5) is 43.9 Å². The maximum atomic E-state index is 14.9. The Hall–Kier alpha value is -1.87. The van der Waals surface area contributed by atoms with E-state index < -0.39 is 106 Å². The smallest absolute Gasteiger partial charge is 0.249 e. The van der Waals surface area contributed by atoms with E-state index in [4.69, 9.17) is 10.5 Å². The van der Waals surface area contributed by atoms with Gasteiger partial charge in [0.15, 0.2) is 44.9 Å². The standard InChI is InChI=1S/C16Br2F10N2O3S3/c17-7-9(19)5(3(1-29)35(32)15(23,24)25)11(21)13(7)34(31)14-8(18)10(20)6(12(14)22)4(2-30)36(33)16(26,27)28/b5-3-,6-4+. The van der Waals surface area contributed by atoms with Crippen LogP contribution in [0.15, 0.2) is 63.0 Å². The molecule has 0 spiro atoms. The van der Waals surface area contributed by atoms with Crippen LogP contribution in [-0.4, -0.2) is 23.6 Å². The molecule has 0 aromatic rings. The lowest BCUT2D eigenvalue weighted by molar-refractivity contribution is -0.0383. The maximum absolute atomic E-state index is 14.9. The monoisotopic (exact) mass is 712 g/mol. The molecule has 0 amide bonds. The van der Waals surface area contributed by atoms with Crippen LogP contribution in [0, 0.1) is 22.7 Å². The lowest BCUT2D eigenvalue weighted by Crippen LogP contribution is -2.18. The van der Waals surface area contributed by atoms with Crippen molar-refractivity contribution < 1.29 is 56.5 Å². The number of halogens is 12. The molecule has 0 aliphatic heterocycles. The van der Waals surface area contributed by atoms with Gasteiger partial charge in [0.1, 0.15) is 21.9 Å². The molecule has 0 heterocycles. The van der Waals surface area contributed by atoms with Crippen LogP contribution in [0.1, 0.15) is 0 Å². The Balaban J connectivity index is 2.87. The number of allylic oxidation sites excluding steroid dienone is 10. The number of alkyl halides is 6. The molecule has 2 aliphatic carbocycles. The minimum atomic E-state index is -5.68. The Morgan fingerprint density at radius 3 is 1.14 bits per heavy atom. The fourth-order valence-electron chi connectivity index (χ4n) is 2.47. The zero-order valence-electron chi connectivity index (χ0n) is 15.9. The van der Waals surface area contributed by atoms with E-state index in [1.807, 2.05) is 0 Å². The first-order valence-corrected chi connectivity index (χ1v) is 13.0. The van der Waals surface area contributed by atoms with Crippen LogP contribution >= 0.6 is 31.9 Å². The molecule has 36 heavy (non-hydrogen) atoms. The fraction of sp³-hybridized carbons (Fsp3) is 0.125. The van der Waals surface area contributed by atoms with E-state index in [1.54, 1.807) is 0 Å². The number of nitrogens with zero attached hydrogens (tertiary/aromatic N) is 2. The molecule has 3 unspecified atom stereocenters. The van der Waals surface area contributed by atoms with Crippen molar-refractivity contribution in [3.63, 3.8) is 0 Å². The lowest BCUT2D eigenvalue weighted by atomic mass is 10.2. The molecular weight excluding hydrogens is 714 g/mol. The molecule has 2 aliphatic rings. The second-order valence-corrected chi connectivity index (χ2v) is 11.6. The van der Waals surface area contributed by atoms with Gasteiger partial charge in [0.25, 0.3) is 0 Å². The van der Waals surface area contributed by atoms with Gasteiger partial charge < -0.3 is 0 Å². The number of rotatable bonds is 4. The molecule has 5 nitrogen and oxygen atoms in total. The summed E-state index contributed by atoms with van der Waals surface area (Å²) in [5.41, 5.74) is -15.1. The average molecular weight is 714 g/mol. The van der Waals surface area contributed by atoms with Crippen molar-refractivity contribution in [2.75, 3.05) is 0 Å². The molecule has 2 rings (SSSR count). The molecular formula is C16Br2F10N2O3S3. The van der Waals surface area contributed by atoms with Gasteiger partial charge in [-0.2, -0.15) is 36.9 Å². The van der Waals surface area contributed by atoms with E-state index in [0.29, 0.717) is 12.1 Å². The van der Waals surface area contributed by atoms with E-state index in [2.05, 4.69) is 31.9 Å². The summed E-state index contributed by atoms with van der Waals surface area (Å²) in [7, 11) is -12.1. The first kappa shape index (κ1) is 30.4. The summed E-state index contributed by atoms with van der Waals surface area (Å²) in [6.45, 7) is 0. The average Bonchev–Trinajstić information content (AvgIpc) is 3.11. The van der Waals surface area contributed by atoms with Crippen LogP contribution in [0.25, 0.3) is 0 Å². The zero-order chi connectivity index (χ0) is 28.1. The molecule has 194 valence electrons. The fourth-order valence-corrected chi connectivity index (χ4v) is 6.69. The van der Waals surface area contributed by atoms with E-state index in [0.717, 1.165) is 0 Å². The van der Waals surface area contributed by atoms with E-state index in [-0.39, 0.29) is 0 Å². The summed E-state index contributed by atoms with van der Waals surface area (Å²) in [5.74, 6) is -8.55. The Morgan fingerprint density at radius 1 is 0.639 bits per heavy atom. The molecule has 0 N–H and O–H groups in total. The molecule has 20 heteroatoms. The summed E-state index contributed by atoms with van der Waals surface area (Å²) >= 11 is 4.63. The largest absolute Gasteiger partial charge is 0.476 e. The van der Waals surface area contributed by atoms with Crippen molar-refractivity contribution in [1.29, 1.82) is 10.5 Å². The highest BCUT2D eigenvalue weighted by atomic mass is 79.9. The molecule has 0 radical (unpaired) electrons. The Bertz CT molecular complexity index is 1330. The van der Waals surface area contributed by atoms with Gasteiger partial charge in [0.2, 0.25) is 0 Å². The third-order valence-electron chi connectivity index (χ3n) is 3.88. The Kier molecular flexibility index (Phi) is 8.84. The van der Waals surface area contributed by atoms with Crippen molar-refractivity contribution in [2.45, 2.75) is 11.0 Å². The molecule has 0 bridgehead atoms. The molecule has 0 saturated carbocycles. The van der Waals surface area contributed by atoms with E-state index in [1.165, 1.54) is 0 Å². The van der Waals surface area contributed by atoms with Crippen LogP contribution < -0.4 is 0 Å². The normalized spacial score (nSPS) is 22.6. The molecule has 0 aromatic carbocycles. The molecule has 0 aromatic heterocycles. The van der Waals surface area contributed by atoms with Gasteiger partial charge in [0.05, 0.1) is 40.7 Å². The van der Waals surface area contributed by atoms with Gasteiger partial charge in [-0.1, -0.05) is 0 Å². The third kappa shape index (κ3) is 5.10. The Morgan fingerprint density at radius 2 is 0.917 bits per heavy atom. The first-order valence-electron chi connectivity index (χ1n) is 7.94. The van der Waals surface area contributed by atoms with Gasteiger partial charge in [-0.3, -0.25) is 0 Å². The molecule has 0 saturated heterocycles. The van der Waals surface area contributed by atoms with Crippen molar-refractivity contribution in [2.24, 2.45) is 0 Å². The predicted octanol–water partition coefficient (Wildman–Crippen LogP) is 6.37. The number of nitriles is 2. The van der Waals surface area contributed by atoms with Crippen LogP contribution in [0.2, 0.25) is 0 Å². The first-order chi connectivity index (χ1) is 16.3. The van der Waals surface area contributed by atoms with Gasteiger partial charge in [-0.25, -0.2) is 30.2 Å². The maximum Gasteiger partial charge on any atom is 0.476 e. The minimum absolute atomic E-state index is 0.684. The quantitative estimate of drug-likeness (QED) is 0.249. The lowest BCUT2D eigenvalue weighted by Gasteiger charge is -2.08. The summed E-state index contributed by atoms with van der Waals surface area (Å²) in [6.07, 6.45) is 0. The predicted molar refractivity (Wildman–Crippen MR) is 112 cm³/mol. The van der Waals surface area contributed by atoms with E-state index in [9.17, 15) is 56.5 Å². The highest BCUT2D eigenvalue weighted by molar-refractivity contribution is 9.12. The molecule has 0 fully saturated rings. The van der Waals surface area contributed by atoms with Crippen molar-refractivity contribution in [3.8, 4) is 12.1 Å². The van der Waals surface area contributed by atoms with Gasteiger partial charge in [-0.05, 0) is 31.9 Å². The second-order valence-electron chi connectivity index (χ2n) is 5.87. The SMILES string of the molecule is N#C/C(=C1/C(F)=C(Br)C(S(=O)C2=C(F)/C(=C(/C#N)S(=O)C(F)(F)F)C(F)=C2Br)=C1F)S(=O)C(F)(F)F. The van der Waals surface area contributed by atoms with Gasteiger partial charge in [0, 0.05) is 0 Å². The van der Waals surface area contributed by atoms with Gasteiger partial charge in [-0.15, -0.1) is 0 Å². The second kappa shape index (κ2) is 10.5. The minimum Gasteiger partial charge on any atom is -0.249 e. The number of hydrogen-bond acceptors (Lipinski definition) is 5. The summed E-state index contributed by atoms with van der Waals surface area (Å²) in [6, 6.07) is 1.37. The van der Waals surface area contributed by atoms with Crippen LogP contribution in [0.5, 0.6) is 0 Å². The summed E-state index contributed by atoms with van der Waals surface area (Å²) in [4.78, 5) is -7.14. The third-order valence-corrected chi connectivity index (χ3v) is 9.58. The van der Waals surface area contributed by atoms with Crippen molar-refractivity contribution >= 4 is 64.3 Å². The van der Waals surface area contributed by atoms with Gasteiger partial charge >= 0.3 is 11.0 Å². The highest BCUT2D eigenvalue weighted by Crippen LogP contribution is 2.52. The topological polar surface area (TPSA) is 98.8 Å². The number of hydrogen-bond donors (Lipinski definition) is 0.